The fourth-order valence-electron chi connectivity index (χ4n) is 3.36. The van der Waals surface area contributed by atoms with Crippen molar-refractivity contribution in [2.75, 3.05) is 13.1 Å². The summed E-state index contributed by atoms with van der Waals surface area (Å²) >= 11 is 1.67. The number of benzene rings is 1. The van der Waals surface area contributed by atoms with E-state index in [1.165, 1.54) is 0 Å². The van der Waals surface area contributed by atoms with E-state index in [1.807, 2.05) is 36.4 Å². The lowest BCUT2D eigenvalue weighted by Gasteiger charge is -2.14. The quantitative estimate of drug-likeness (QED) is 0.725. The summed E-state index contributed by atoms with van der Waals surface area (Å²) in [5.74, 6) is 0.426. The van der Waals surface area contributed by atoms with Crippen molar-refractivity contribution in [1.82, 2.24) is 15.6 Å². The molecule has 3 aromatic rings. The molecule has 5 heteroatoms. The van der Waals surface area contributed by atoms with Gasteiger partial charge >= 0.3 is 0 Å². The first-order chi connectivity index (χ1) is 12.8. The van der Waals surface area contributed by atoms with E-state index in [0.717, 1.165) is 46.1 Å². The Labute approximate surface area is 157 Å². The van der Waals surface area contributed by atoms with E-state index in [1.54, 1.807) is 17.5 Å². The van der Waals surface area contributed by atoms with E-state index in [-0.39, 0.29) is 5.91 Å². The van der Waals surface area contributed by atoms with Crippen LogP contribution in [0.1, 0.15) is 33.1 Å². The molecule has 26 heavy (non-hydrogen) atoms. The Kier molecular flexibility index (Phi) is 5.09. The third-order valence-corrected chi connectivity index (χ3v) is 5.82. The number of pyridine rings is 1. The maximum Gasteiger partial charge on any atom is 0.251 e. The number of aromatic nitrogens is 1. The highest BCUT2D eigenvalue weighted by Gasteiger charge is 2.21. The van der Waals surface area contributed by atoms with Gasteiger partial charge in [0.1, 0.15) is 0 Å². The minimum Gasteiger partial charge on any atom is -0.347 e. The van der Waals surface area contributed by atoms with Gasteiger partial charge in [0.2, 0.25) is 0 Å². The molecule has 1 atom stereocenters. The maximum atomic E-state index is 12.7. The van der Waals surface area contributed by atoms with Gasteiger partial charge in [-0.1, -0.05) is 24.3 Å². The molecule has 1 aliphatic heterocycles. The third-order valence-electron chi connectivity index (χ3n) is 4.71. The van der Waals surface area contributed by atoms with Crippen LogP contribution in [-0.4, -0.2) is 24.0 Å². The van der Waals surface area contributed by atoms with Crippen LogP contribution in [-0.2, 0) is 6.54 Å². The molecule has 1 amide bonds. The molecule has 132 valence electrons. The lowest BCUT2D eigenvalue weighted by atomic mass is 9.93. The van der Waals surface area contributed by atoms with Crippen molar-refractivity contribution < 1.29 is 4.79 Å². The molecule has 1 aliphatic rings. The van der Waals surface area contributed by atoms with Crippen molar-refractivity contribution in [2.45, 2.75) is 18.9 Å². The second kappa shape index (κ2) is 7.81. The summed E-state index contributed by atoms with van der Waals surface area (Å²) in [5.41, 5.74) is 2.91. The summed E-state index contributed by atoms with van der Waals surface area (Å²) in [6, 6.07) is 18.0. The van der Waals surface area contributed by atoms with Crippen molar-refractivity contribution >= 4 is 17.2 Å². The number of carbonyl (C=O) groups excluding carboxylic acids is 1. The summed E-state index contributed by atoms with van der Waals surface area (Å²) in [6.07, 6.45) is 2.88. The Morgan fingerprint density at radius 2 is 2.04 bits per heavy atom. The van der Waals surface area contributed by atoms with Gasteiger partial charge in [0.05, 0.1) is 17.1 Å². The number of rotatable bonds is 5. The molecular weight excluding hydrogens is 342 g/mol. The standard InChI is InChI=1S/C21H21N3OS/c25-21(18-6-2-1-5-17(18)15-10-12-22-13-15)24-14-16-8-9-20(26-16)19-7-3-4-11-23-19/h1-9,11,15,22H,10,12-14H2,(H,24,25). The summed E-state index contributed by atoms with van der Waals surface area (Å²) < 4.78 is 0. The normalized spacial score (nSPS) is 16.5. The average molecular weight is 363 g/mol. The van der Waals surface area contributed by atoms with Crippen LogP contribution in [0, 0.1) is 0 Å². The van der Waals surface area contributed by atoms with Crippen molar-refractivity contribution in [3.63, 3.8) is 0 Å². The molecule has 0 saturated carbocycles. The van der Waals surface area contributed by atoms with E-state index in [4.69, 9.17) is 0 Å². The van der Waals surface area contributed by atoms with Gasteiger partial charge in [-0.3, -0.25) is 9.78 Å². The predicted molar refractivity (Wildman–Crippen MR) is 105 cm³/mol. The predicted octanol–water partition coefficient (Wildman–Crippen LogP) is 3.82. The zero-order valence-corrected chi connectivity index (χ0v) is 15.3. The molecule has 1 unspecified atom stereocenters. The van der Waals surface area contributed by atoms with Crippen molar-refractivity contribution in [1.29, 1.82) is 0 Å². The van der Waals surface area contributed by atoms with Gasteiger partial charge in [-0.05, 0) is 54.8 Å². The monoisotopic (exact) mass is 363 g/mol. The van der Waals surface area contributed by atoms with E-state index in [0.29, 0.717) is 12.5 Å². The zero-order chi connectivity index (χ0) is 17.8. The van der Waals surface area contributed by atoms with Gasteiger partial charge < -0.3 is 10.6 Å². The molecule has 0 bridgehead atoms. The summed E-state index contributed by atoms with van der Waals surface area (Å²) in [7, 11) is 0. The number of nitrogens with zero attached hydrogens (tertiary/aromatic N) is 1. The Balaban J connectivity index is 1.44. The van der Waals surface area contributed by atoms with Gasteiger partial charge in [0.15, 0.2) is 0 Å². The minimum absolute atomic E-state index is 0.000265. The highest BCUT2D eigenvalue weighted by Crippen LogP contribution is 2.27. The summed E-state index contributed by atoms with van der Waals surface area (Å²) in [6.45, 7) is 2.50. The first-order valence-corrected chi connectivity index (χ1v) is 9.71. The molecule has 1 saturated heterocycles. The Hall–Kier alpha value is -2.50. The highest BCUT2D eigenvalue weighted by atomic mass is 32.1. The van der Waals surface area contributed by atoms with Crippen LogP contribution in [0.3, 0.4) is 0 Å². The van der Waals surface area contributed by atoms with Gasteiger partial charge in [-0.15, -0.1) is 11.3 Å². The molecule has 2 aromatic heterocycles. The number of hydrogen-bond donors (Lipinski definition) is 2. The van der Waals surface area contributed by atoms with Gasteiger partial charge in [-0.2, -0.15) is 0 Å². The van der Waals surface area contributed by atoms with E-state index >= 15 is 0 Å². The van der Waals surface area contributed by atoms with E-state index < -0.39 is 0 Å². The fraction of sp³-hybridized carbons (Fsp3) is 0.238. The smallest absolute Gasteiger partial charge is 0.251 e. The van der Waals surface area contributed by atoms with Crippen LogP contribution < -0.4 is 10.6 Å². The van der Waals surface area contributed by atoms with Crippen LogP contribution in [0.15, 0.2) is 60.8 Å². The van der Waals surface area contributed by atoms with Gasteiger partial charge in [0, 0.05) is 23.2 Å². The van der Waals surface area contributed by atoms with E-state index in [2.05, 4.69) is 33.8 Å². The topological polar surface area (TPSA) is 54.0 Å². The molecular formula is C21H21N3OS. The molecule has 0 aliphatic carbocycles. The first-order valence-electron chi connectivity index (χ1n) is 8.89. The number of carbonyl (C=O) groups is 1. The zero-order valence-electron chi connectivity index (χ0n) is 14.4. The molecule has 1 fully saturated rings. The average Bonchev–Trinajstić information content (AvgIpc) is 3.39. The van der Waals surface area contributed by atoms with Crippen LogP contribution in [0.2, 0.25) is 0 Å². The molecule has 1 aromatic carbocycles. The number of amides is 1. The lowest BCUT2D eigenvalue weighted by molar-refractivity contribution is 0.0950. The van der Waals surface area contributed by atoms with Crippen molar-refractivity contribution in [3.05, 3.63) is 76.8 Å². The number of thiophene rings is 1. The Morgan fingerprint density at radius 1 is 1.15 bits per heavy atom. The number of nitrogens with one attached hydrogen (secondary N) is 2. The van der Waals surface area contributed by atoms with Crippen LogP contribution in [0.25, 0.3) is 10.6 Å². The van der Waals surface area contributed by atoms with Crippen molar-refractivity contribution in [3.8, 4) is 10.6 Å². The summed E-state index contributed by atoms with van der Waals surface area (Å²) in [5, 5.41) is 6.45. The summed E-state index contributed by atoms with van der Waals surface area (Å²) in [4.78, 5) is 19.4. The highest BCUT2D eigenvalue weighted by molar-refractivity contribution is 7.15. The van der Waals surface area contributed by atoms with Crippen LogP contribution >= 0.6 is 11.3 Å². The lowest BCUT2D eigenvalue weighted by Crippen LogP contribution is -2.24. The van der Waals surface area contributed by atoms with Gasteiger partial charge in [-0.25, -0.2) is 0 Å². The van der Waals surface area contributed by atoms with Crippen LogP contribution in [0.5, 0.6) is 0 Å². The Morgan fingerprint density at radius 3 is 2.85 bits per heavy atom. The SMILES string of the molecule is O=C(NCc1ccc(-c2ccccn2)s1)c1ccccc1C1CCNC1. The van der Waals surface area contributed by atoms with E-state index in [9.17, 15) is 4.79 Å². The number of hydrogen-bond acceptors (Lipinski definition) is 4. The van der Waals surface area contributed by atoms with Gasteiger partial charge in [0.25, 0.3) is 5.91 Å². The minimum atomic E-state index is 0.000265. The largest absolute Gasteiger partial charge is 0.347 e. The third kappa shape index (κ3) is 3.69. The molecule has 0 spiro atoms. The van der Waals surface area contributed by atoms with Crippen molar-refractivity contribution in [2.24, 2.45) is 0 Å². The second-order valence-electron chi connectivity index (χ2n) is 6.44. The maximum absolute atomic E-state index is 12.7. The molecule has 4 rings (SSSR count). The second-order valence-corrected chi connectivity index (χ2v) is 7.61. The first kappa shape index (κ1) is 16.9. The molecule has 2 N–H and O–H groups in total. The Bertz CT molecular complexity index is 885. The fourth-order valence-corrected chi connectivity index (χ4v) is 4.29. The van der Waals surface area contributed by atoms with Crippen LogP contribution in [0.4, 0.5) is 0 Å². The molecule has 4 nitrogen and oxygen atoms in total. The molecule has 0 radical (unpaired) electrons. The molecule has 3 heterocycles.